The van der Waals surface area contributed by atoms with Crippen LogP contribution in [0.1, 0.15) is 5.76 Å². The number of nitro groups is 1. The summed E-state index contributed by atoms with van der Waals surface area (Å²) in [6, 6.07) is 1.01. The SMILES string of the molecule is NC(Cc1ccc([N+](=O)[O-])o1)C(F)F. The minimum absolute atomic E-state index is 0.0875. The molecule has 1 aromatic rings. The normalized spacial score (nSPS) is 13.1. The summed E-state index contributed by atoms with van der Waals surface area (Å²) in [7, 11) is 0. The van der Waals surface area contributed by atoms with Gasteiger partial charge < -0.3 is 10.2 Å². The average molecular weight is 206 g/mol. The van der Waals surface area contributed by atoms with E-state index in [1.807, 2.05) is 0 Å². The fourth-order valence-corrected chi connectivity index (χ4v) is 0.896. The maximum Gasteiger partial charge on any atom is 0.433 e. The van der Waals surface area contributed by atoms with Gasteiger partial charge in [-0.05, 0) is 6.07 Å². The Balaban J connectivity index is 2.64. The molecular formula is C7H8F2N2O3. The van der Waals surface area contributed by atoms with Crippen LogP contribution in [-0.4, -0.2) is 17.4 Å². The lowest BCUT2D eigenvalue weighted by atomic mass is 10.2. The molecule has 7 heteroatoms. The molecule has 0 aliphatic heterocycles. The first-order chi connectivity index (χ1) is 6.50. The molecule has 2 N–H and O–H groups in total. The van der Waals surface area contributed by atoms with E-state index < -0.39 is 23.3 Å². The minimum atomic E-state index is -2.67. The highest BCUT2D eigenvalue weighted by Crippen LogP contribution is 2.17. The van der Waals surface area contributed by atoms with E-state index in [0.29, 0.717) is 0 Å². The molecule has 0 aliphatic rings. The first kappa shape index (κ1) is 10.6. The lowest BCUT2D eigenvalue weighted by molar-refractivity contribution is -0.402. The molecule has 0 radical (unpaired) electrons. The van der Waals surface area contributed by atoms with Crippen LogP contribution in [0.3, 0.4) is 0 Å². The van der Waals surface area contributed by atoms with E-state index in [2.05, 4.69) is 4.42 Å². The van der Waals surface area contributed by atoms with E-state index in [9.17, 15) is 18.9 Å². The van der Waals surface area contributed by atoms with E-state index in [0.717, 1.165) is 6.07 Å². The van der Waals surface area contributed by atoms with Gasteiger partial charge in [0.2, 0.25) is 0 Å². The van der Waals surface area contributed by atoms with Gasteiger partial charge in [0.15, 0.2) is 0 Å². The van der Waals surface area contributed by atoms with Crippen LogP contribution < -0.4 is 5.73 Å². The number of nitrogens with two attached hydrogens (primary N) is 1. The van der Waals surface area contributed by atoms with Crippen molar-refractivity contribution in [2.24, 2.45) is 5.73 Å². The van der Waals surface area contributed by atoms with Crippen LogP contribution in [0.4, 0.5) is 14.7 Å². The van der Waals surface area contributed by atoms with E-state index in [1.54, 1.807) is 0 Å². The Morgan fingerprint density at radius 3 is 2.64 bits per heavy atom. The van der Waals surface area contributed by atoms with Gasteiger partial charge in [-0.15, -0.1) is 0 Å². The Labute approximate surface area is 77.6 Å². The van der Waals surface area contributed by atoms with Gasteiger partial charge in [0, 0.05) is 6.42 Å². The van der Waals surface area contributed by atoms with Gasteiger partial charge in [-0.2, -0.15) is 0 Å². The number of nitrogens with zero attached hydrogens (tertiary/aromatic N) is 1. The summed E-state index contributed by atoms with van der Waals surface area (Å²) in [6.45, 7) is 0. The molecule has 0 fully saturated rings. The van der Waals surface area contributed by atoms with Gasteiger partial charge in [-0.25, -0.2) is 8.78 Å². The smallest absolute Gasteiger partial charge is 0.406 e. The van der Waals surface area contributed by atoms with E-state index in [4.69, 9.17) is 5.73 Å². The van der Waals surface area contributed by atoms with Crippen molar-refractivity contribution >= 4 is 5.88 Å². The van der Waals surface area contributed by atoms with Crippen LogP contribution in [0.5, 0.6) is 0 Å². The maximum absolute atomic E-state index is 12.0. The molecule has 0 saturated heterocycles. The Morgan fingerprint density at radius 2 is 2.21 bits per heavy atom. The van der Waals surface area contributed by atoms with Crippen molar-refractivity contribution in [3.63, 3.8) is 0 Å². The predicted octanol–water partition coefficient (Wildman–Crippen LogP) is 1.32. The molecule has 1 aromatic heterocycles. The topological polar surface area (TPSA) is 82.3 Å². The number of halogens is 2. The first-order valence-corrected chi connectivity index (χ1v) is 3.77. The zero-order valence-electron chi connectivity index (χ0n) is 7.02. The largest absolute Gasteiger partial charge is 0.433 e. The van der Waals surface area contributed by atoms with Crippen molar-refractivity contribution in [2.45, 2.75) is 18.9 Å². The molecule has 1 unspecified atom stereocenters. The molecule has 78 valence electrons. The quantitative estimate of drug-likeness (QED) is 0.594. The summed E-state index contributed by atoms with van der Waals surface area (Å²) in [6.07, 6.45) is -2.88. The lowest BCUT2D eigenvalue weighted by Crippen LogP contribution is -2.30. The molecule has 0 aromatic carbocycles. The molecule has 1 atom stereocenters. The van der Waals surface area contributed by atoms with Crippen LogP contribution in [-0.2, 0) is 6.42 Å². The summed E-state index contributed by atoms with van der Waals surface area (Å²) in [5.41, 5.74) is 5.05. The van der Waals surface area contributed by atoms with Crippen LogP contribution in [0.15, 0.2) is 16.5 Å². The third kappa shape index (κ3) is 2.49. The lowest BCUT2D eigenvalue weighted by Gasteiger charge is -2.06. The third-order valence-electron chi connectivity index (χ3n) is 1.59. The van der Waals surface area contributed by atoms with Crippen molar-refractivity contribution in [3.8, 4) is 0 Å². The second kappa shape index (κ2) is 4.14. The molecule has 0 saturated carbocycles. The van der Waals surface area contributed by atoms with Crippen LogP contribution in [0.2, 0.25) is 0 Å². The van der Waals surface area contributed by atoms with E-state index in [1.165, 1.54) is 6.07 Å². The molecule has 0 spiro atoms. The zero-order valence-corrected chi connectivity index (χ0v) is 7.02. The monoisotopic (exact) mass is 206 g/mol. The molecule has 0 aliphatic carbocycles. The number of rotatable bonds is 4. The first-order valence-electron chi connectivity index (χ1n) is 3.77. The second-order valence-electron chi connectivity index (χ2n) is 2.70. The highest BCUT2D eigenvalue weighted by Gasteiger charge is 2.19. The number of furan rings is 1. The van der Waals surface area contributed by atoms with Crippen molar-refractivity contribution in [1.29, 1.82) is 0 Å². The van der Waals surface area contributed by atoms with Crippen molar-refractivity contribution in [2.75, 3.05) is 0 Å². The highest BCUT2D eigenvalue weighted by atomic mass is 19.3. The summed E-state index contributed by atoms with van der Waals surface area (Å²) in [5.74, 6) is -0.383. The number of hydrogen-bond acceptors (Lipinski definition) is 4. The van der Waals surface area contributed by atoms with Crippen molar-refractivity contribution < 1.29 is 18.1 Å². The van der Waals surface area contributed by atoms with Gasteiger partial charge in [0.1, 0.15) is 10.7 Å². The van der Waals surface area contributed by atoms with Gasteiger partial charge in [-0.1, -0.05) is 0 Å². The third-order valence-corrected chi connectivity index (χ3v) is 1.59. The maximum atomic E-state index is 12.0. The zero-order chi connectivity index (χ0) is 10.7. The molecule has 1 rings (SSSR count). The Kier molecular flexibility index (Phi) is 3.13. The second-order valence-corrected chi connectivity index (χ2v) is 2.70. The Bertz CT molecular complexity index is 326. The number of hydrogen-bond donors (Lipinski definition) is 1. The van der Waals surface area contributed by atoms with Gasteiger partial charge in [0.25, 0.3) is 6.43 Å². The van der Waals surface area contributed by atoms with Crippen LogP contribution in [0.25, 0.3) is 0 Å². The summed E-state index contributed by atoms with van der Waals surface area (Å²) >= 11 is 0. The van der Waals surface area contributed by atoms with Gasteiger partial charge in [0.05, 0.1) is 12.1 Å². The predicted molar refractivity (Wildman–Crippen MR) is 43.0 cm³/mol. The van der Waals surface area contributed by atoms with Crippen LogP contribution >= 0.6 is 0 Å². The molecule has 0 bridgehead atoms. The summed E-state index contributed by atoms with van der Waals surface area (Å²) < 4.78 is 28.6. The average Bonchev–Trinajstić information content (AvgIpc) is 2.52. The highest BCUT2D eigenvalue weighted by molar-refractivity contribution is 5.18. The molecule has 0 amide bonds. The van der Waals surface area contributed by atoms with Gasteiger partial charge in [-0.3, -0.25) is 10.1 Å². The fourth-order valence-electron chi connectivity index (χ4n) is 0.896. The van der Waals surface area contributed by atoms with Gasteiger partial charge >= 0.3 is 5.88 Å². The minimum Gasteiger partial charge on any atom is -0.406 e. The molecular weight excluding hydrogens is 198 g/mol. The Hall–Kier alpha value is -1.50. The van der Waals surface area contributed by atoms with Crippen molar-refractivity contribution in [3.05, 3.63) is 28.0 Å². The van der Waals surface area contributed by atoms with Crippen LogP contribution in [0, 0.1) is 10.1 Å². The molecule has 5 nitrogen and oxygen atoms in total. The fraction of sp³-hybridized carbons (Fsp3) is 0.429. The number of alkyl halides is 2. The summed E-state index contributed by atoms with van der Waals surface area (Å²) in [4.78, 5) is 9.43. The van der Waals surface area contributed by atoms with E-state index >= 15 is 0 Å². The molecule has 1 heterocycles. The standard InChI is InChI=1S/C7H8F2N2O3/c8-7(9)5(10)3-4-1-2-6(14-4)11(12)13/h1-2,5,7H,3,10H2. The molecule has 14 heavy (non-hydrogen) atoms. The Morgan fingerprint density at radius 1 is 1.57 bits per heavy atom. The van der Waals surface area contributed by atoms with E-state index in [-0.39, 0.29) is 12.2 Å². The van der Waals surface area contributed by atoms with Crippen molar-refractivity contribution in [1.82, 2.24) is 0 Å². The summed E-state index contributed by atoms with van der Waals surface area (Å²) in [5, 5.41) is 10.2.